The fourth-order valence-corrected chi connectivity index (χ4v) is 2.86. The predicted octanol–water partition coefficient (Wildman–Crippen LogP) is 2.44. The number of amides is 1. The van der Waals surface area contributed by atoms with Gasteiger partial charge in [-0.15, -0.1) is 24.0 Å². The van der Waals surface area contributed by atoms with E-state index in [1.807, 2.05) is 19.0 Å². The van der Waals surface area contributed by atoms with Gasteiger partial charge in [-0.05, 0) is 37.5 Å². The molecule has 26 heavy (non-hydrogen) atoms. The van der Waals surface area contributed by atoms with E-state index in [1.54, 1.807) is 0 Å². The molecule has 1 amide bonds. The van der Waals surface area contributed by atoms with Crippen LogP contribution in [0.5, 0.6) is 0 Å². The van der Waals surface area contributed by atoms with Crippen LogP contribution >= 0.6 is 24.0 Å². The summed E-state index contributed by atoms with van der Waals surface area (Å²) in [6.07, 6.45) is 2.65. The molecule has 2 rings (SSSR count). The maximum Gasteiger partial charge on any atom is 0.222 e. The Kier molecular flexibility index (Phi) is 10.4. The Bertz CT molecular complexity index is 591. The van der Waals surface area contributed by atoms with Gasteiger partial charge in [-0.3, -0.25) is 4.79 Å². The Hall–Kier alpha value is -1.51. The quantitative estimate of drug-likeness (QED) is 0.264. The molecule has 1 aromatic carbocycles. The van der Waals surface area contributed by atoms with Crippen molar-refractivity contribution in [1.82, 2.24) is 15.5 Å². The molecule has 0 bridgehead atoms. The average Bonchev–Trinajstić information content (AvgIpc) is 3.01. The SMILES string of the molecule is CCNC(=NCc1cccc(N(C)C)c1)NCCCN1CCCC1=O.I. The molecule has 1 aromatic rings. The highest BCUT2D eigenvalue weighted by molar-refractivity contribution is 14.0. The van der Waals surface area contributed by atoms with Crippen LogP contribution in [0.2, 0.25) is 0 Å². The number of nitrogens with one attached hydrogen (secondary N) is 2. The fourth-order valence-electron chi connectivity index (χ4n) is 2.86. The number of carbonyl (C=O) groups excluding carboxylic acids is 1. The summed E-state index contributed by atoms with van der Waals surface area (Å²) < 4.78 is 0. The number of likely N-dealkylation sites (tertiary alicyclic amines) is 1. The second kappa shape index (κ2) is 12.0. The molecule has 1 heterocycles. The first-order chi connectivity index (χ1) is 12.1. The highest BCUT2D eigenvalue weighted by atomic mass is 127. The summed E-state index contributed by atoms with van der Waals surface area (Å²) in [5.74, 6) is 1.12. The van der Waals surface area contributed by atoms with Gasteiger partial charge in [0.2, 0.25) is 5.91 Å². The third kappa shape index (κ3) is 7.39. The smallest absolute Gasteiger partial charge is 0.222 e. The average molecular weight is 473 g/mol. The third-order valence-corrected chi connectivity index (χ3v) is 4.26. The van der Waals surface area contributed by atoms with Crippen LogP contribution in [0.3, 0.4) is 0 Å². The number of benzene rings is 1. The summed E-state index contributed by atoms with van der Waals surface area (Å²) in [4.78, 5) is 20.3. The molecule has 0 atom stereocenters. The number of aliphatic imine (C=N–C) groups is 1. The molecular formula is C19H32IN5O. The van der Waals surface area contributed by atoms with Crippen LogP contribution in [0.25, 0.3) is 0 Å². The van der Waals surface area contributed by atoms with E-state index in [0.29, 0.717) is 18.9 Å². The topological polar surface area (TPSA) is 60.0 Å². The minimum atomic E-state index is 0. The molecule has 0 unspecified atom stereocenters. The third-order valence-electron chi connectivity index (χ3n) is 4.26. The maximum atomic E-state index is 11.6. The number of guanidine groups is 1. The minimum Gasteiger partial charge on any atom is -0.378 e. The Morgan fingerprint density at radius 2 is 2.12 bits per heavy atom. The lowest BCUT2D eigenvalue weighted by atomic mass is 10.2. The first-order valence-electron chi connectivity index (χ1n) is 9.16. The largest absolute Gasteiger partial charge is 0.378 e. The Balaban J connectivity index is 0.00000338. The van der Waals surface area contributed by atoms with E-state index in [0.717, 1.165) is 45.0 Å². The van der Waals surface area contributed by atoms with Gasteiger partial charge in [0, 0.05) is 52.4 Å². The molecule has 1 fully saturated rings. The lowest BCUT2D eigenvalue weighted by Crippen LogP contribution is -2.39. The number of hydrogen-bond acceptors (Lipinski definition) is 3. The van der Waals surface area contributed by atoms with Crippen molar-refractivity contribution < 1.29 is 4.79 Å². The molecule has 0 saturated carbocycles. The second-order valence-electron chi connectivity index (χ2n) is 6.52. The van der Waals surface area contributed by atoms with Crippen molar-refractivity contribution in [3.05, 3.63) is 29.8 Å². The Labute approximate surface area is 174 Å². The monoisotopic (exact) mass is 473 g/mol. The van der Waals surface area contributed by atoms with Crippen LogP contribution in [0, 0.1) is 0 Å². The van der Waals surface area contributed by atoms with E-state index in [-0.39, 0.29) is 24.0 Å². The highest BCUT2D eigenvalue weighted by Gasteiger charge is 2.18. The molecule has 1 saturated heterocycles. The lowest BCUT2D eigenvalue weighted by Gasteiger charge is -2.16. The summed E-state index contributed by atoms with van der Waals surface area (Å²) in [6.45, 7) is 6.08. The molecule has 146 valence electrons. The van der Waals surface area contributed by atoms with Gasteiger partial charge >= 0.3 is 0 Å². The van der Waals surface area contributed by atoms with Crippen LogP contribution in [-0.2, 0) is 11.3 Å². The van der Waals surface area contributed by atoms with Crippen molar-refractivity contribution in [1.29, 1.82) is 0 Å². The van der Waals surface area contributed by atoms with E-state index >= 15 is 0 Å². The maximum absolute atomic E-state index is 11.6. The van der Waals surface area contributed by atoms with Crippen molar-refractivity contribution in [2.24, 2.45) is 4.99 Å². The Morgan fingerprint density at radius 1 is 1.31 bits per heavy atom. The van der Waals surface area contributed by atoms with Crippen LogP contribution < -0.4 is 15.5 Å². The second-order valence-corrected chi connectivity index (χ2v) is 6.52. The molecular weight excluding hydrogens is 441 g/mol. The van der Waals surface area contributed by atoms with E-state index in [9.17, 15) is 4.79 Å². The van der Waals surface area contributed by atoms with Gasteiger partial charge < -0.3 is 20.4 Å². The summed E-state index contributed by atoms with van der Waals surface area (Å²) >= 11 is 0. The first kappa shape index (κ1) is 22.5. The molecule has 2 N–H and O–H groups in total. The van der Waals surface area contributed by atoms with Gasteiger partial charge in [-0.2, -0.15) is 0 Å². The lowest BCUT2D eigenvalue weighted by molar-refractivity contribution is -0.127. The van der Waals surface area contributed by atoms with Crippen molar-refractivity contribution in [3.8, 4) is 0 Å². The fraction of sp³-hybridized carbons (Fsp3) is 0.579. The van der Waals surface area contributed by atoms with Gasteiger partial charge in [0.15, 0.2) is 5.96 Å². The molecule has 6 nitrogen and oxygen atoms in total. The van der Waals surface area contributed by atoms with Gasteiger partial charge in [0.25, 0.3) is 0 Å². The number of carbonyl (C=O) groups is 1. The van der Waals surface area contributed by atoms with Crippen LogP contribution in [-0.4, -0.2) is 57.0 Å². The molecule has 7 heteroatoms. The number of halogens is 1. The van der Waals surface area contributed by atoms with Crippen LogP contribution in [0.1, 0.15) is 31.7 Å². The molecule has 1 aliphatic rings. The first-order valence-corrected chi connectivity index (χ1v) is 9.16. The summed E-state index contributed by atoms with van der Waals surface area (Å²) in [5.41, 5.74) is 2.37. The van der Waals surface area contributed by atoms with Crippen molar-refractivity contribution in [3.63, 3.8) is 0 Å². The van der Waals surface area contributed by atoms with E-state index < -0.39 is 0 Å². The predicted molar refractivity (Wildman–Crippen MR) is 119 cm³/mol. The molecule has 0 radical (unpaired) electrons. The molecule has 0 spiro atoms. The van der Waals surface area contributed by atoms with Crippen molar-refractivity contribution in [2.75, 3.05) is 45.2 Å². The van der Waals surface area contributed by atoms with Gasteiger partial charge in [0.05, 0.1) is 6.54 Å². The normalized spacial score (nSPS) is 14.2. The van der Waals surface area contributed by atoms with Gasteiger partial charge in [0.1, 0.15) is 0 Å². The van der Waals surface area contributed by atoms with Crippen molar-refractivity contribution >= 4 is 41.5 Å². The molecule has 0 aliphatic carbocycles. The summed E-state index contributed by atoms with van der Waals surface area (Å²) in [6, 6.07) is 8.41. The summed E-state index contributed by atoms with van der Waals surface area (Å²) in [7, 11) is 4.08. The zero-order valence-electron chi connectivity index (χ0n) is 16.1. The van der Waals surface area contributed by atoms with E-state index in [4.69, 9.17) is 0 Å². The van der Waals surface area contributed by atoms with Gasteiger partial charge in [-0.25, -0.2) is 4.99 Å². The van der Waals surface area contributed by atoms with Gasteiger partial charge in [-0.1, -0.05) is 12.1 Å². The minimum absolute atomic E-state index is 0. The van der Waals surface area contributed by atoms with Crippen LogP contribution in [0.4, 0.5) is 5.69 Å². The number of nitrogens with zero attached hydrogens (tertiary/aromatic N) is 3. The zero-order chi connectivity index (χ0) is 18.1. The number of rotatable bonds is 8. The number of hydrogen-bond donors (Lipinski definition) is 2. The van der Waals surface area contributed by atoms with Crippen LogP contribution in [0.15, 0.2) is 29.3 Å². The van der Waals surface area contributed by atoms with E-state index in [2.05, 4.69) is 51.7 Å². The summed E-state index contributed by atoms with van der Waals surface area (Å²) in [5, 5.41) is 6.63. The highest BCUT2D eigenvalue weighted by Crippen LogP contribution is 2.14. The molecule has 1 aliphatic heterocycles. The molecule has 0 aromatic heterocycles. The number of anilines is 1. The van der Waals surface area contributed by atoms with E-state index in [1.165, 1.54) is 11.3 Å². The van der Waals surface area contributed by atoms with Crippen molar-refractivity contribution in [2.45, 2.75) is 32.7 Å². The standard InChI is InChI=1S/C19H31N5O.HI/c1-4-20-19(21-11-7-13-24-12-6-10-18(24)25)22-15-16-8-5-9-17(14-16)23(2)3;/h5,8-9,14H,4,6-7,10-13,15H2,1-3H3,(H2,20,21,22);1H. The zero-order valence-corrected chi connectivity index (χ0v) is 18.5. The Morgan fingerprint density at radius 3 is 2.77 bits per heavy atom.